The van der Waals surface area contributed by atoms with Crippen molar-refractivity contribution in [2.75, 3.05) is 12.3 Å². The number of hydrogen-bond acceptors (Lipinski definition) is 4. The highest BCUT2D eigenvalue weighted by Gasteiger charge is 2.50. The molecule has 0 saturated carbocycles. The number of amides is 3. The smallest absolute Gasteiger partial charge is 0.325 e. The van der Waals surface area contributed by atoms with E-state index in [-0.39, 0.29) is 11.9 Å². The fraction of sp³-hybridized carbons (Fsp3) is 0.571. The van der Waals surface area contributed by atoms with E-state index in [0.29, 0.717) is 12.3 Å². The Labute approximate surface area is 124 Å². The van der Waals surface area contributed by atoms with Crippen molar-refractivity contribution in [1.29, 1.82) is 0 Å². The van der Waals surface area contributed by atoms with Crippen LogP contribution in [0.25, 0.3) is 0 Å². The van der Waals surface area contributed by atoms with Crippen LogP contribution in [-0.2, 0) is 10.3 Å². The number of urea groups is 1. The summed E-state index contributed by atoms with van der Waals surface area (Å²) in [5, 5.41) is 2.72. The number of unbranched alkanes of at least 4 members (excludes halogenated alkanes) is 3. The predicted molar refractivity (Wildman–Crippen MR) is 78.6 cm³/mol. The molecular formula is C14H20N2O3S. The van der Waals surface area contributed by atoms with E-state index in [4.69, 9.17) is 4.42 Å². The molecule has 1 fully saturated rings. The molecule has 110 valence electrons. The lowest BCUT2D eigenvalue weighted by Gasteiger charge is -2.18. The maximum atomic E-state index is 12.4. The summed E-state index contributed by atoms with van der Waals surface area (Å²) in [7, 11) is 0. The highest BCUT2D eigenvalue weighted by Crippen LogP contribution is 2.29. The molecule has 1 aromatic heterocycles. The van der Waals surface area contributed by atoms with Gasteiger partial charge in [-0.05, 0) is 37.7 Å². The van der Waals surface area contributed by atoms with Gasteiger partial charge in [0.25, 0.3) is 5.91 Å². The van der Waals surface area contributed by atoms with Crippen molar-refractivity contribution in [3.8, 4) is 0 Å². The van der Waals surface area contributed by atoms with Crippen LogP contribution >= 0.6 is 12.6 Å². The number of furan rings is 1. The Morgan fingerprint density at radius 3 is 2.70 bits per heavy atom. The zero-order valence-electron chi connectivity index (χ0n) is 11.6. The van der Waals surface area contributed by atoms with Gasteiger partial charge in [-0.3, -0.25) is 9.69 Å². The zero-order valence-corrected chi connectivity index (χ0v) is 12.5. The lowest BCUT2D eigenvalue weighted by atomic mass is 9.99. The van der Waals surface area contributed by atoms with Crippen molar-refractivity contribution in [3.63, 3.8) is 0 Å². The van der Waals surface area contributed by atoms with Gasteiger partial charge in [0.1, 0.15) is 5.76 Å². The van der Waals surface area contributed by atoms with Crippen molar-refractivity contribution in [2.24, 2.45) is 0 Å². The van der Waals surface area contributed by atoms with E-state index < -0.39 is 5.54 Å². The molecule has 2 rings (SSSR count). The van der Waals surface area contributed by atoms with Crippen LogP contribution < -0.4 is 5.32 Å². The van der Waals surface area contributed by atoms with Crippen molar-refractivity contribution in [2.45, 2.75) is 38.1 Å². The third kappa shape index (κ3) is 2.85. The largest absolute Gasteiger partial charge is 0.466 e. The lowest BCUT2D eigenvalue weighted by molar-refractivity contribution is -0.131. The first-order valence-corrected chi connectivity index (χ1v) is 7.52. The van der Waals surface area contributed by atoms with Gasteiger partial charge in [0.05, 0.1) is 6.26 Å². The molecule has 1 unspecified atom stereocenters. The zero-order chi connectivity index (χ0) is 14.6. The summed E-state index contributed by atoms with van der Waals surface area (Å²) >= 11 is 4.16. The topological polar surface area (TPSA) is 62.6 Å². The summed E-state index contributed by atoms with van der Waals surface area (Å²) in [6.07, 6.45) is 5.45. The molecule has 0 bridgehead atoms. The predicted octanol–water partition coefficient (Wildman–Crippen LogP) is 2.54. The quantitative estimate of drug-likeness (QED) is 0.462. The van der Waals surface area contributed by atoms with Gasteiger partial charge < -0.3 is 9.73 Å². The summed E-state index contributed by atoms with van der Waals surface area (Å²) in [6, 6.07) is 3.07. The van der Waals surface area contributed by atoms with Gasteiger partial charge in [0.2, 0.25) is 0 Å². The number of thiol groups is 1. The molecule has 1 saturated heterocycles. The highest BCUT2D eigenvalue weighted by molar-refractivity contribution is 7.80. The van der Waals surface area contributed by atoms with Crippen LogP contribution in [0.3, 0.4) is 0 Å². The number of rotatable bonds is 7. The van der Waals surface area contributed by atoms with E-state index in [1.165, 1.54) is 11.2 Å². The lowest BCUT2D eigenvalue weighted by Crippen LogP contribution is -2.40. The van der Waals surface area contributed by atoms with Crippen molar-refractivity contribution in [1.82, 2.24) is 10.2 Å². The van der Waals surface area contributed by atoms with Gasteiger partial charge in [-0.25, -0.2) is 4.79 Å². The molecule has 1 N–H and O–H groups in total. The van der Waals surface area contributed by atoms with Gasteiger partial charge in [-0.2, -0.15) is 12.6 Å². The second-order valence-electron chi connectivity index (χ2n) is 5.13. The minimum Gasteiger partial charge on any atom is -0.466 e. The SMILES string of the molecule is CC1(c2ccco2)NC(=O)N(CCCCCCS)C1=O. The third-order valence-corrected chi connectivity index (χ3v) is 3.90. The summed E-state index contributed by atoms with van der Waals surface area (Å²) in [6.45, 7) is 2.13. The molecule has 1 aromatic rings. The summed E-state index contributed by atoms with van der Waals surface area (Å²) < 4.78 is 5.27. The number of carbonyl (C=O) groups excluding carboxylic acids is 2. The molecule has 0 aliphatic carbocycles. The number of nitrogens with one attached hydrogen (secondary N) is 1. The van der Waals surface area contributed by atoms with E-state index in [1.54, 1.807) is 19.1 Å². The fourth-order valence-electron chi connectivity index (χ4n) is 2.37. The van der Waals surface area contributed by atoms with Gasteiger partial charge in [0.15, 0.2) is 5.54 Å². The Balaban J connectivity index is 1.95. The highest BCUT2D eigenvalue weighted by atomic mass is 32.1. The first-order chi connectivity index (χ1) is 9.59. The normalized spacial score (nSPS) is 22.4. The average molecular weight is 296 g/mol. The van der Waals surface area contributed by atoms with Gasteiger partial charge >= 0.3 is 6.03 Å². The van der Waals surface area contributed by atoms with Crippen LogP contribution in [0.4, 0.5) is 4.79 Å². The summed E-state index contributed by atoms with van der Waals surface area (Å²) in [5.41, 5.74) is -1.08. The Kier molecular flexibility index (Phi) is 4.75. The second-order valence-corrected chi connectivity index (χ2v) is 5.57. The van der Waals surface area contributed by atoms with Crippen LogP contribution in [0.1, 0.15) is 38.4 Å². The molecule has 6 heteroatoms. The monoisotopic (exact) mass is 296 g/mol. The third-order valence-electron chi connectivity index (χ3n) is 3.58. The molecule has 5 nitrogen and oxygen atoms in total. The van der Waals surface area contributed by atoms with Crippen LogP contribution in [0.2, 0.25) is 0 Å². The maximum absolute atomic E-state index is 12.4. The number of hydrogen-bond donors (Lipinski definition) is 2. The summed E-state index contributed by atoms with van der Waals surface area (Å²) in [4.78, 5) is 25.7. The molecule has 0 radical (unpaired) electrons. The fourth-order valence-corrected chi connectivity index (χ4v) is 2.59. The molecule has 1 aliphatic rings. The Bertz CT molecular complexity index is 475. The van der Waals surface area contributed by atoms with Gasteiger partial charge in [-0.15, -0.1) is 0 Å². The van der Waals surface area contributed by atoms with Gasteiger partial charge in [-0.1, -0.05) is 12.8 Å². The van der Waals surface area contributed by atoms with Crippen LogP contribution in [0, 0.1) is 0 Å². The van der Waals surface area contributed by atoms with Crippen LogP contribution in [0.5, 0.6) is 0 Å². The standard InChI is InChI=1S/C14H20N2O3S/c1-14(11-7-6-9-19-11)12(17)16(13(18)15-14)8-4-2-3-5-10-20/h6-7,9,20H,2-5,8,10H2,1H3,(H,15,18). The molecular weight excluding hydrogens is 276 g/mol. The first kappa shape index (κ1) is 15.0. The van der Waals surface area contributed by atoms with E-state index in [0.717, 1.165) is 31.4 Å². The van der Waals surface area contributed by atoms with Crippen molar-refractivity contribution < 1.29 is 14.0 Å². The van der Waals surface area contributed by atoms with Crippen molar-refractivity contribution >= 4 is 24.6 Å². The van der Waals surface area contributed by atoms with E-state index in [9.17, 15) is 9.59 Å². The number of carbonyl (C=O) groups is 2. The molecule has 0 spiro atoms. The minimum absolute atomic E-state index is 0.244. The molecule has 3 amide bonds. The maximum Gasteiger partial charge on any atom is 0.325 e. The Morgan fingerprint density at radius 1 is 1.30 bits per heavy atom. The first-order valence-electron chi connectivity index (χ1n) is 6.88. The molecule has 2 heterocycles. The molecule has 0 aromatic carbocycles. The molecule has 1 aliphatic heterocycles. The number of imide groups is 1. The Hall–Kier alpha value is -1.43. The van der Waals surface area contributed by atoms with E-state index in [2.05, 4.69) is 17.9 Å². The van der Waals surface area contributed by atoms with Crippen LogP contribution in [0.15, 0.2) is 22.8 Å². The molecule has 20 heavy (non-hydrogen) atoms. The molecule has 1 atom stereocenters. The van der Waals surface area contributed by atoms with Gasteiger partial charge in [0, 0.05) is 6.54 Å². The summed E-state index contributed by atoms with van der Waals surface area (Å²) in [5.74, 6) is 1.10. The minimum atomic E-state index is -1.08. The number of nitrogens with zero attached hydrogens (tertiary/aromatic N) is 1. The van der Waals surface area contributed by atoms with E-state index in [1.807, 2.05) is 0 Å². The van der Waals surface area contributed by atoms with E-state index >= 15 is 0 Å². The van der Waals surface area contributed by atoms with Crippen LogP contribution in [-0.4, -0.2) is 29.1 Å². The second kappa shape index (κ2) is 6.35. The Morgan fingerprint density at radius 2 is 2.05 bits per heavy atom. The average Bonchev–Trinajstić information content (AvgIpc) is 3.02. The van der Waals surface area contributed by atoms with Crippen molar-refractivity contribution in [3.05, 3.63) is 24.2 Å².